The minimum absolute atomic E-state index is 0.0341. The Morgan fingerprint density at radius 1 is 1.21 bits per heavy atom. The molecule has 0 heterocycles. The van der Waals surface area contributed by atoms with Crippen LogP contribution in [0.1, 0.15) is 53.4 Å². The fourth-order valence-corrected chi connectivity index (χ4v) is 2.96. The van der Waals surface area contributed by atoms with Gasteiger partial charge in [-0.15, -0.1) is 0 Å². The van der Waals surface area contributed by atoms with Gasteiger partial charge in [0.15, 0.2) is 0 Å². The van der Waals surface area contributed by atoms with Crippen molar-refractivity contribution in [1.29, 1.82) is 0 Å². The summed E-state index contributed by atoms with van der Waals surface area (Å²) in [5.41, 5.74) is 0. The molecule has 3 unspecified atom stereocenters. The van der Waals surface area contributed by atoms with E-state index in [1.54, 1.807) is 0 Å². The molecule has 1 N–H and O–H groups in total. The monoisotopic (exact) mass is 198 g/mol. The van der Waals surface area contributed by atoms with Crippen LogP contribution in [0.15, 0.2) is 0 Å². The molecule has 0 saturated heterocycles. The van der Waals surface area contributed by atoms with Gasteiger partial charge in [-0.05, 0) is 42.9 Å². The Morgan fingerprint density at radius 3 is 2.14 bits per heavy atom. The highest BCUT2D eigenvalue weighted by atomic mass is 16.3. The van der Waals surface area contributed by atoms with Crippen molar-refractivity contribution >= 4 is 0 Å². The average molecular weight is 198 g/mol. The zero-order valence-corrected chi connectivity index (χ0v) is 10.2. The second-order valence-corrected chi connectivity index (χ2v) is 5.49. The van der Waals surface area contributed by atoms with Crippen molar-refractivity contribution in [2.45, 2.75) is 59.5 Å². The van der Waals surface area contributed by atoms with Gasteiger partial charge in [-0.2, -0.15) is 0 Å². The largest absolute Gasteiger partial charge is 0.393 e. The molecule has 1 heteroatoms. The van der Waals surface area contributed by atoms with E-state index in [1.807, 2.05) is 0 Å². The fourth-order valence-electron chi connectivity index (χ4n) is 2.96. The van der Waals surface area contributed by atoms with Crippen molar-refractivity contribution < 1.29 is 5.11 Å². The Labute approximate surface area is 88.9 Å². The van der Waals surface area contributed by atoms with Crippen molar-refractivity contribution in [3.05, 3.63) is 0 Å². The van der Waals surface area contributed by atoms with Crippen molar-refractivity contribution in [2.75, 3.05) is 0 Å². The zero-order valence-electron chi connectivity index (χ0n) is 10.2. The minimum atomic E-state index is -0.0341. The molecule has 3 atom stereocenters. The lowest BCUT2D eigenvalue weighted by Crippen LogP contribution is -2.33. The van der Waals surface area contributed by atoms with Gasteiger partial charge in [-0.1, -0.05) is 34.1 Å². The van der Waals surface area contributed by atoms with Crippen LogP contribution in [0.4, 0.5) is 0 Å². The minimum Gasteiger partial charge on any atom is -0.393 e. The maximum absolute atomic E-state index is 9.66. The van der Waals surface area contributed by atoms with E-state index in [2.05, 4.69) is 27.7 Å². The Balaban J connectivity index is 2.49. The summed E-state index contributed by atoms with van der Waals surface area (Å²) in [6.07, 6.45) is 4.65. The van der Waals surface area contributed by atoms with Crippen LogP contribution in [0.3, 0.4) is 0 Å². The lowest BCUT2D eigenvalue weighted by atomic mass is 9.69. The van der Waals surface area contributed by atoms with E-state index in [0.717, 1.165) is 24.7 Å². The molecule has 0 aromatic heterocycles. The van der Waals surface area contributed by atoms with Gasteiger partial charge >= 0.3 is 0 Å². The average Bonchev–Trinajstić information content (AvgIpc) is 2.10. The molecular formula is C13H26O. The Morgan fingerprint density at radius 2 is 1.71 bits per heavy atom. The van der Waals surface area contributed by atoms with Gasteiger partial charge in [0.25, 0.3) is 0 Å². The molecule has 1 aliphatic rings. The maximum atomic E-state index is 9.66. The first kappa shape index (κ1) is 12.0. The molecule has 14 heavy (non-hydrogen) atoms. The molecule has 0 aromatic rings. The van der Waals surface area contributed by atoms with Gasteiger partial charge in [0, 0.05) is 0 Å². The van der Waals surface area contributed by atoms with Crippen molar-refractivity contribution in [3.8, 4) is 0 Å². The van der Waals surface area contributed by atoms with E-state index >= 15 is 0 Å². The first-order valence-electron chi connectivity index (χ1n) is 6.22. The van der Waals surface area contributed by atoms with Crippen LogP contribution in [0.2, 0.25) is 0 Å². The SMILES string of the molecule is CCC(C)CC1C(C)CC(O)CC1C. The summed E-state index contributed by atoms with van der Waals surface area (Å²) in [5.74, 6) is 3.11. The summed E-state index contributed by atoms with van der Waals surface area (Å²) in [7, 11) is 0. The number of aliphatic hydroxyl groups excluding tert-OH is 1. The topological polar surface area (TPSA) is 20.2 Å². The van der Waals surface area contributed by atoms with Gasteiger partial charge in [0.1, 0.15) is 0 Å². The lowest BCUT2D eigenvalue weighted by molar-refractivity contribution is 0.0307. The Hall–Kier alpha value is -0.0400. The first-order valence-corrected chi connectivity index (χ1v) is 6.22. The van der Waals surface area contributed by atoms with Crippen LogP contribution in [-0.4, -0.2) is 11.2 Å². The normalized spacial score (nSPS) is 40.9. The fraction of sp³-hybridized carbons (Fsp3) is 1.00. The summed E-state index contributed by atoms with van der Waals surface area (Å²) in [6, 6.07) is 0. The van der Waals surface area contributed by atoms with Crippen molar-refractivity contribution in [2.24, 2.45) is 23.7 Å². The molecule has 0 spiro atoms. The quantitative estimate of drug-likeness (QED) is 0.736. The maximum Gasteiger partial charge on any atom is 0.0545 e. The Kier molecular flexibility index (Phi) is 4.43. The van der Waals surface area contributed by atoms with E-state index in [4.69, 9.17) is 0 Å². The summed E-state index contributed by atoms with van der Waals surface area (Å²) < 4.78 is 0. The molecule has 1 rings (SSSR count). The molecule has 0 radical (unpaired) electrons. The van der Waals surface area contributed by atoms with E-state index < -0.39 is 0 Å². The van der Waals surface area contributed by atoms with E-state index in [9.17, 15) is 5.11 Å². The number of aliphatic hydroxyl groups is 1. The number of hydrogen-bond acceptors (Lipinski definition) is 1. The van der Waals surface area contributed by atoms with Crippen LogP contribution in [-0.2, 0) is 0 Å². The third-order valence-electron chi connectivity index (χ3n) is 4.12. The lowest BCUT2D eigenvalue weighted by Gasteiger charge is -2.38. The van der Waals surface area contributed by atoms with Gasteiger partial charge in [0.05, 0.1) is 6.10 Å². The molecule has 0 aliphatic heterocycles. The second-order valence-electron chi connectivity index (χ2n) is 5.49. The molecule has 0 aromatic carbocycles. The second kappa shape index (κ2) is 5.16. The zero-order chi connectivity index (χ0) is 10.7. The van der Waals surface area contributed by atoms with Crippen LogP contribution >= 0.6 is 0 Å². The molecule has 1 fully saturated rings. The van der Waals surface area contributed by atoms with Gasteiger partial charge in [-0.3, -0.25) is 0 Å². The van der Waals surface area contributed by atoms with Crippen molar-refractivity contribution in [1.82, 2.24) is 0 Å². The number of hydrogen-bond donors (Lipinski definition) is 1. The molecule has 0 amide bonds. The highest BCUT2D eigenvalue weighted by Crippen LogP contribution is 2.38. The standard InChI is InChI=1S/C13H26O/c1-5-9(2)6-13-10(3)7-12(14)8-11(13)4/h9-14H,5-8H2,1-4H3. The highest BCUT2D eigenvalue weighted by molar-refractivity contribution is 4.82. The highest BCUT2D eigenvalue weighted by Gasteiger charge is 2.32. The summed E-state index contributed by atoms with van der Waals surface area (Å²) in [6.45, 7) is 9.25. The summed E-state index contributed by atoms with van der Waals surface area (Å²) in [5, 5.41) is 9.66. The predicted molar refractivity (Wildman–Crippen MR) is 61.1 cm³/mol. The summed E-state index contributed by atoms with van der Waals surface area (Å²) in [4.78, 5) is 0. The molecule has 0 bridgehead atoms. The van der Waals surface area contributed by atoms with Gasteiger partial charge < -0.3 is 5.11 Å². The van der Waals surface area contributed by atoms with Crippen LogP contribution in [0, 0.1) is 23.7 Å². The van der Waals surface area contributed by atoms with Crippen LogP contribution in [0.5, 0.6) is 0 Å². The number of rotatable bonds is 3. The van der Waals surface area contributed by atoms with Crippen LogP contribution in [0.25, 0.3) is 0 Å². The van der Waals surface area contributed by atoms with Crippen LogP contribution < -0.4 is 0 Å². The third-order valence-corrected chi connectivity index (χ3v) is 4.12. The molecule has 1 nitrogen and oxygen atoms in total. The molecular weight excluding hydrogens is 172 g/mol. The van der Waals surface area contributed by atoms with E-state index in [1.165, 1.54) is 12.8 Å². The van der Waals surface area contributed by atoms with Crippen molar-refractivity contribution in [3.63, 3.8) is 0 Å². The first-order chi connectivity index (χ1) is 6.54. The van der Waals surface area contributed by atoms with E-state index in [-0.39, 0.29) is 6.10 Å². The third kappa shape index (κ3) is 2.98. The Bertz CT molecular complexity index is 155. The molecule has 1 saturated carbocycles. The molecule has 1 aliphatic carbocycles. The summed E-state index contributed by atoms with van der Waals surface area (Å²) >= 11 is 0. The molecule has 84 valence electrons. The smallest absolute Gasteiger partial charge is 0.0545 e. The van der Waals surface area contributed by atoms with Gasteiger partial charge in [0.2, 0.25) is 0 Å². The predicted octanol–water partition coefficient (Wildman–Crippen LogP) is 3.47. The van der Waals surface area contributed by atoms with Gasteiger partial charge in [-0.25, -0.2) is 0 Å². The van der Waals surface area contributed by atoms with E-state index in [0.29, 0.717) is 11.8 Å².